The maximum absolute atomic E-state index is 5.63. The van der Waals surface area contributed by atoms with Crippen LogP contribution in [0.15, 0.2) is 6.20 Å². The van der Waals surface area contributed by atoms with Crippen molar-refractivity contribution in [3.63, 3.8) is 0 Å². The van der Waals surface area contributed by atoms with Crippen molar-refractivity contribution in [1.82, 2.24) is 4.98 Å². The van der Waals surface area contributed by atoms with Gasteiger partial charge in [0.2, 0.25) is 0 Å². The number of rotatable bonds is 4. The van der Waals surface area contributed by atoms with E-state index in [2.05, 4.69) is 9.88 Å². The lowest BCUT2D eigenvalue weighted by molar-refractivity contribution is 0.639. The molecule has 1 aromatic rings. The van der Waals surface area contributed by atoms with Gasteiger partial charge in [-0.25, -0.2) is 4.98 Å². The van der Waals surface area contributed by atoms with Gasteiger partial charge in [-0.05, 0) is 25.8 Å². The van der Waals surface area contributed by atoms with Gasteiger partial charge in [0.25, 0.3) is 0 Å². The molecule has 1 aliphatic rings. The van der Waals surface area contributed by atoms with Crippen LogP contribution in [0, 0.1) is 0 Å². The highest BCUT2D eigenvalue weighted by atomic mass is 32.1. The van der Waals surface area contributed by atoms with Crippen LogP contribution in [-0.2, 0) is 5.41 Å². The summed E-state index contributed by atoms with van der Waals surface area (Å²) in [4.78, 5) is 7.89. The quantitative estimate of drug-likeness (QED) is 0.822. The predicted octanol–water partition coefficient (Wildman–Crippen LogP) is 1.59. The lowest BCUT2D eigenvalue weighted by Gasteiger charge is -2.10. The van der Waals surface area contributed by atoms with Gasteiger partial charge in [-0.1, -0.05) is 0 Å². The maximum Gasteiger partial charge on any atom is 0.184 e. The molecule has 14 heavy (non-hydrogen) atoms. The summed E-state index contributed by atoms with van der Waals surface area (Å²) in [6.07, 6.45) is 5.73. The van der Waals surface area contributed by atoms with Crippen LogP contribution in [0.1, 0.15) is 24.1 Å². The zero-order valence-corrected chi connectivity index (χ0v) is 9.60. The van der Waals surface area contributed by atoms with Crippen molar-refractivity contribution >= 4 is 16.5 Å². The number of thiazole rings is 1. The first-order chi connectivity index (χ1) is 6.68. The molecule has 1 saturated carbocycles. The van der Waals surface area contributed by atoms with Crippen LogP contribution in [0.25, 0.3) is 0 Å². The molecule has 0 radical (unpaired) electrons. The average Bonchev–Trinajstić information content (AvgIpc) is 2.77. The molecule has 78 valence electrons. The number of nitrogens with zero attached hydrogens (tertiary/aromatic N) is 2. The molecular formula is C10H17N3S. The standard InChI is InChI=1S/C10H17N3S/c1-13(2)9-12-7-8(14-9)10(3-4-10)5-6-11/h7H,3-6,11H2,1-2H3. The van der Waals surface area contributed by atoms with E-state index in [4.69, 9.17) is 5.73 Å². The molecule has 0 saturated heterocycles. The van der Waals surface area contributed by atoms with Crippen molar-refractivity contribution in [2.75, 3.05) is 25.5 Å². The molecule has 1 aliphatic carbocycles. The highest BCUT2D eigenvalue weighted by Crippen LogP contribution is 2.53. The summed E-state index contributed by atoms with van der Waals surface area (Å²) >= 11 is 1.81. The number of anilines is 1. The molecule has 1 aromatic heterocycles. The fourth-order valence-corrected chi connectivity index (χ4v) is 2.88. The van der Waals surface area contributed by atoms with E-state index in [1.54, 1.807) is 0 Å². The second kappa shape index (κ2) is 3.51. The third-order valence-corrected chi connectivity index (χ3v) is 4.29. The number of hydrogen-bond acceptors (Lipinski definition) is 4. The van der Waals surface area contributed by atoms with Gasteiger partial charge in [0, 0.05) is 30.6 Å². The second-order valence-corrected chi connectivity index (χ2v) is 5.23. The average molecular weight is 211 g/mol. The molecule has 2 N–H and O–H groups in total. The zero-order chi connectivity index (χ0) is 10.2. The lowest BCUT2D eigenvalue weighted by Crippen LogP contribution is -2.11. The largest absolute Gasteiger partial charge is 0.354 e. The van der Waals surface area contributed by atoms with Crippen LogP contribution in [0.3, 0.4) is 0 Å². The predicted molar refractivity (Wildman–Crippen MR) is 61.0 cm³/mol. The molecule has 0 aromatic carbocycles. The Bertz CT molecular complexity index is 315. The highest BCUT2D eigenvalue weighted by Gasteiger charge is 2.44. The van der Waals surface area contributed by atoms with E-state index >= 15 is 0 Å². The van der Waals surface area contributed by atoms with Gasteiger partial charge in [-0.3, -0.25) is 0 Å². The van der Waals surface area contributed by atoms with Gasteiger partial charge >= 0.3 is 0 Å². The topological polar surface area (TPSA) is 42.2 Å². The first-order valence-electron chi connectivity index (χ1n) is 5.02. The molecule has 0 amide bonds. The fraction of sp³-hybridized carbons (Fsp3) is 0.700. The van der Waals surface area contributed by atoms with Gasteiger partial charge in [0.1, 0.15) is 0 Å². The number of nitrogens with two attached hydrogens (primary N) is 1. The minimum atomic E-state index is 0.403. The van der Waals surface area contributed by atoms with Gasteiger partial charge in [-0.2, -0.15) is 0 Å². The molecular weight excluding hydrogens is 194 g/mol. The molecule has 3 nitrogen and oxygen atoms in total. The summed E-state index contributed by atoms with van der Waals surface area (Å²) in [6, 6.07) is 0. The fourth-order valence-electron chi connectivity index (χ4n) is 1.76. The van der Waals surface area contributed by atoms with Gasteiger partial charge < -0.3 is 10.6 Å². The van der Waals surface area contributed by atoms with Crippen LogP contribution in [0.5, 0.6) is 0 Å². The Hall–Kier alpha value is -0.610. The minimum absolute atomic E-state index is 0.403. The maximum atomic E-state index is 5.63. The molecule has 0 aliphatic heterocycles. The van der Waals surface area contributed by atoms with E-state index in [-0.39, 0.29) is 0 Å². The first-order valence-corrected chi connectivity index (χ1v) is 5.83. The van der Waals surface area contributed by atoms with E-state index in [1.165, 1.54) is 17.7 Å². The first kappa shape index (κ1) is 9.93. The Balaban J connectivity index is 2.16. The van der Waals surface area contributed by atoms with Crippen molar-refractivity contribution in [2.24, 2.45) is 5.73 Å². The summed E-state index contributed by atoms with van der Waals surface area (Å²) in [7, 11) is 4.07. The van der Waals surface area contributed by atoms with Crippen molar-refractivity contribution < 1.29 is 0 Å². The Morgan fingerprint density at radius 1 is 1.57 bits per heavy atom. The highest BCUT2D eigenvalue weighted by molar-refractivity contribution is 7.15. The van der Waals surface area contributed by atoms with E-state index in [1.807, 2.05) is 31.6 Å². The van der Waals surface area contributed by atoms with Crippen molar-refractivity contribution in [3.8, 4) is 0 Å². The lowest BCUT2D eigenvalue weighted by atomic mass is 10.0. The molecule has 1 heterocycles. The van der Waals surface area contributed by atoms with E-state index in [9.17, 15) is 0 Å². The van der Waals surface area contributed by atoms with Crippen molar-refractivity contribution in [1.29, 1.82) is 0 Å². The van der Waals surface area contributed by atoms with Crippen LogP contribution < -0.4 is 10.6 Å². The van der Waals surface area contributed by atoms with Gasteiger partial charge in [-0.15, -0.1) is 11.3 Å². The SMILES string of the molecule is CN(C)c1ncc(C2(CCN)CC2)s1. The second-order valence-electron chi connectivity index (χ2n) is 4.22. The number of hydrogen-bond donors (Lipinski definition) is 1. The molecule has 2 rings (SSSR count). The summed E-state index contributed by atoms with van der Waals surface area (Å²) in [5, 5.41) is 1.10. The third-order valence-electron chi connectivity index (χ3n) is 2.88. The molecule has 0 spiro atoms. The minimum Gasteiger partial charge on any atom is -0.354 e. The summed E-state index contributed by atoms with van der Waals surface area (Å²) < 4.78 is 0. The van der Waals surface area contributed by atoms with Crippen molar-refractivity contribution in [2.45, 2.75) is 24.7 Å². The summed E-state index contributed by atoms with van der Waals surface area (Å²) in [5.74, 6) is 0. The number of aromatic nitrogens is 1. The van der Waals surface area contributed by atoms with E-state index < -0.39 is 0 Å². The monoisotopic (exact) mass is 211 g/mol. The van der Waals surface area contributed by atoms with Crippen LogP contribution in [0.2, 0.25) is 0 Å². The van der Waals surface area contributed by atoms with Gasteiger partial charge in [0.05, 0.1) is 0 Å². The summed E-state index contributed by atoms with van der Waals surface area (Å²) in [5.41, 5.74) is 6.04. The van der Waals surface area contributed by atoms with Gasteiger partial charge in [0.15, 0.2) is 5.13 Å². The van der Waals surface area contributed by atoms with Crippen molar-refractivity contribution in [3.05, 3.63) is 11.1 Å². The molecule has 0 atom stereocenters. The van der Waals surface area contributed by atoms with Crippen LogP contribution in [0.4, 0.5) is 5.13 Å². The van der Waals surface area contributed by atoms with Crippen LogP contribution >= 0.6 is 11.3 Å². The Morgan fingerprint density at radius 2 is 2.29 bits per heavy atom. The Kier molecular flexibility index (Phi) is 2.49. The Labute approximate surface area is 88.9 Å². The van der Waals surface area contributed by atoms with E-state index in [0.717, 1.165) is 18.1 Å². The summed E-state index contributed by atoms with van der Waals surface area (Å²) in [6.45, 7) is 0.787. The van der Waals surface area contributed by atoms with Crippen LogP contribution in [-0.4, -0.2) is 25.6 Å². The smallest absolute Gasteiger partial charge is 0.184 e. The zero-order valence-electron chi connectivity index (χ0n) is 8.79. The normalized spacial score (nSPS) is 18.2. The molecule has 0 unspecified atom stereocenters. The molecule has 1 fully saturated rings. The Morgan fingerprint density at radius 3 is 2.71 bits per heavy atom. The van der Waals surface area contributed by atoms with E-state index in [0.29, 0.717) is 5.41 Å². The molecule has 0 bridgehead atoms. The molecule has 4 heteroatoms. The third kappa shape index (κ3) is 1.64.